The first-order valence-electron chi connectivity index (χ1n) is 33.7. The summed E-state index contributed by atoms with van der Waals surface area (Å²) in [6, 6.07) is 95.7. The summed E-state index contributed by atoms with van der Waals surface area (Å²) in [5, 5.41) is 28.4. The van der Waals surface area contributed by atoms with E-state index >= 15 is 0 Å². The molecule has 19 aromatic rings. The van der Waals surface area contributed by atoms with E-state index in [0.717, 1.165) is 88.2 Å². The van der Waals surface area contributed by atoms with Crippen LogP contribution in [0.5, 0.6) is 11.5 Å². The maximum absolute atomic E-state index is 11.7. The van der Waals surface area contributed by atoms with E-state index in [1.165, 1.54) is 12.1 Å². The molecule has 2 N–H and O–H groups in total. The Hall–Kier alpha value is -13.2. The Morgan fingerprint density at radius 1 is 0.291 bits per heavy atom. The van der Waals surface area contributed by atoms with Crippen molar-refractivity contribution >= 4 is 153 Å². The summed E-state index contributed by atoms with van der Waals surface area (Å²) in [6.45, 7) is 0.699. The average molecular weight is 1650 g/mol. The van der Waals surface area contributed by atoms with Gasteiger partial charge in [0, 0.05) is 97.9 Å². The standard InChI is InChI=1S/2C20H12N2O4.2C18H12N2.C12H8N2.2ClH.2Ru/c2*23-11-26-19-10-18(22-16-8-4-2-6-13(16)19)17-9-14(20(24)25)12-5-1-3-7-15(12)21-17;2*1-3-7-15-13(5-1)9-11-17(19-15)18-12-10-14-6-2-4-8-16(14)20-18;1-3-9-5-6-10-4-2-8-14-12(10)11(9)13-7-1;;;;/h2*1-11H,(H,24,25);2*1-12H;1-8H;2*1H;;/q;;;;;;;;+2/p-2. The second kappa shape index (κ2) is 35.5. The molecule has 536 valence electrons. The first-order valence-corrected chi connectivity index (χ1v) is 38.1. The fourth-order valence-electron chi connectivity index (χ4n) is 12.3. The second-order valence-corrected chi connectivity index (χ2v) is 26.7. The number of nitrogens with zero attached hydrogens (tertiary/aromatic N) is 10. The zero-order valence-corrected chi connectivity index (χ0v) is 62.4. The molecule has 18 nitrogen and oxygen atoms in total. The molecule has 0 amide bonds. The van der Waals surface area contributed by atoms with Crippen molar-refractivity contribution in [2.75, 3.05) is 0 Å². The smallest absolute Gasteiger partial charge is 0.0964 e. The summed E-state index contributed by atoms with van der Waals surface area (Å²) in [4.78, 5) is 90.6. The largest absolute Gasteiger partial charge is 0.254 e. The van der Waals surface area contributed by atoms with Gasteiger partial charge >= 0.3 is 46.5 Å². The van der Waals surface area contributed by atoms with Crippen molar-refractivity contribution in [3.05, 3.63) is 327 Å². The Kier molecular flexibility index (Phi) is 24.2. The third kappa shape index (κ3) is 17.3. The van der Waals surface area contributed by atoms with Crippen molar-refractivity contribution in [1.29, 1.82) is 0 Å². The van der Waals surface area contributed by atoms with Crippen molar-refractivity contribution in [2.24, 2.45) is 0 Å². The maximum Gasteiger partial charge on any atom is 0.0964 e. The molecule has 22 heteroatoms. The van der Waals surface area contributed by atoms with Crippen LogP contribution in [0.25, 0.3) is 155 Å². The molecule has 0 aliphatic heterocycles. The minimum absolute atomic E-state index is 0. The van der Waals surface area contributed by atoms with E-state index < -0.39 is 11.9 Å². The van der Waals surface area contributed by atoms with Crippen LogP contribution >= 0.6 is 19.4 Å². The summed E-state index contributed by atoms with van der Waals surface area (Å²) in [7, 11) is 9.71. The molecule has 0 bridgehead atoms. The molecule has 0 spiro atoms. The topological polar surface area (TPSA) is 256 Å². The molecule has 9 aromatic carbocycles. The van der Waals surface area contributed by atoms with Gasteiger partial charge in [-0.2, -0.15) is 0 Å². The Morgan fingerprint density at radius 3 is 0.827 bits per heavy atom. The molecule has 0 radical (unpaired) electrons. The van der Waals surface area contributed by atoms with Gasteiger partial charge in [-0.1, -0.05) is 182 Å². The van der Waals surface area contributed by atoms with E-state index in [-0.39, 0.29) is 45.8 Å². The Balaban J connectivity index is 0.000000121. The fraction of sp³-hybridized carbons (Fsp3) is 0. The molecule has 10 heterocycles. The number of pyridine rings is 10. The van der Waals surface area contributed by atoms with E-state index in [9.17, 15) is 29.4 Å². The number of halogens is 2. The molecule has 0 aliphatic rings. The minimum atomic E-state index is -1.05. The Morgan fingerprint density at radius 2 is 0.527 bits per heavy atom. The number of ether oxygens (including phenoxy) is 2. The van der Waals surface area contributed by atoms with Crippen molar-refractivity contribution in [2.45, 2.75) is 0 Å². The molecule has 0 fully saturated rings. The van der Waals surface area contributed by atoms with Crippen LogP contribution in [0.4, 0.5) is 0 Å². The number of aromatic nitrogens is 10. The van der Waals surface area contributed by atoms with Crippen LogP contribution in [-0.2, 0) is 44.2 Å². The fourth-order valence-corrected chi connectivity index (χ4v) is 12.3. The predicted octanol–water partition coefficient (Wildman–Crippen LogP) is 20.4. The molecule has 0 aliphatic carbocycles. The molecule has 19 rings (SSSR count). The van der Waals surface area contributed by atoms with Crippen LogP contribution in [0.15, 0.2) is 316 Å². The summed E-state index contributed by atoms with van der Waals surface area (Å²) < 4.78 is 10.2. The SMILES string of the molecule is O=COc1cc(-c2cc(C(=O)O)c3ccccc3n2)nc2ccccc12.O=COc1cc(-c2cc(C(=O)O)c3ccccc3n2)nc2ccccc12.[Cl][Ru][Cl].[Ru].c1ccc2nc(-c3ccc4ccccc4n3)ccc2c1.c1ccc2nc(-c3ccc4ccccc4n3)ccc2c1.c1cnc2c(c1)ccc1cccnc12. The van der Waals surface area contributed by atoms with Crippen LogP contribution in [-0.4, -0.2) is 84.9 Å². The summed E-state index contributed by atoms with van der Waals surface area (Å²) in [6.07, 6.45) is 3.60. The van der Waals surface area contributed by atoms with E-state index in [4.69, 9.17) is 28.9 Å². The summed E-state index contributed by atoms with van der Waals surface area (Å²) in [5.74, 6) is -1.41. The molecule has 0 atom stereocenters. The van der Waals surface area contributed by atoms with Crippen molar-refractivity contribution in [3.8, 4) is 57.1 Å². The van der Waals surface area contributed by atoms with Gasteiger partial charge in [-0.3, -0.25) is 19.6 Å². The summed E-state index contributed by atoms with van der Waals surface area (Å²) in [5.41, 5.74) is 13.8. The second-order valence-electron chi connectivity index (χ2n) is 24.1. The minimum Gasteiger partial charge on any atom is -0.254 e. The van der Waals surface area contributed by atoms with E-state index in [1.807, 2.05) is 133 Å². The van der Waals surface area contributed by atoms with Crippen molar-refractivity contribution in [3.63, 3.8) is 0 Å². The quantitative estimate of drug-likeness (QED) is 0.0733. The third-order valence-corrected chi connectivity index (χ3v) is 17.4. The van der Waals surface area contributed by atoms with Gasteiger partial charge in [-0.25, -0.2) is 49.5 Å². The number of carboxylic acid groups (broad SMARTS) is 2. The van der Waals surface area contributed by atoms with E-state index in [1.54, 1.807) is 97.3 Å². The number of hydrogen-bond acceptors (Lipinski definition) is 16. The van der Waals surface area contributed by atoms with Gasteiger partial charge in [0.25, 0.3) is 12.9 Å². The molecule has 0 saturated heterocycles. The van der Waals surface area contributed by atoms with Crippen LogP contribution in [0.3, 0.4) is 0 Å². The average Bonchev–Trinajstić information content (AvgIpc) is 0.779. The van der Waals surface area contributed by atoms with Gasteiger partial charge in [0.15, 0.2) is 0 Å². The molecular formula is C88H56Cl2N10O8Ru2. The van der Waals surface area contributed by atoms with Gasteiger partial charge in [-0.15, -0.1) is 0 Å². The van der Waals surface area contributed by atoms with E-state index in [2.05, 4.69) is 123 Å². The van der Waals surface area contributed by atoms with Gasteiger partial charge < -0.3 is 19.7 Å². The van der Waals surface area contributed by atoms with E-state index in [0.29, 0.717) is 90.8 Å². The number of hydrogen-bond donors (Lipinski definition) is 2. The van der Waals surface area contributed by atoms with Crippen molar-refractivity contribution in [1.82, 2.24) is 49.8 Å². The molecule has 10 aromatic heterocycles. The number of carboxylic acids is 2. The van der Waals surface area contributed by atoms with Gasteiger partial charge in [0.2, 0.25) is 0 Å². The van der Waals surface area contributed by atoms with Gasteiger partial charge in [-0.05, 0) is 109 Å². The number of aromatic carboxylic acids is 2. The van der Waals surface area contributed by atoms with Gasteiger partial charge in [0.05, 0.1) is 112 Å². The predicted molar refractivity (Wildman–Crippen MR) is 426 cm³/mol. The first-order chi connectivity index (χ1) is 53.5. The Labute approximate surface area is 655 Å². The number of para-hydroxylation sites is 8. The first kappa shape index (κ1) is 75.0. The monoisotopic (exact) mass is 1650 g/mol. The number of benzene rings is 9. The van der Waals surface area contributed by atoms with Crippen molar-refractivity contribution < 1.29 is 73.5 Å². The Bertz CT molecular complexity index is 6100. The molecule has 0 saturated carbocycles. The summed E-state index contributed by atoms with van der Waals surface area (Å²) >= 11 is -0.346. The zero-order chi connectivity index (χ0) is 75.0. The zero-order valence-electron chi connectivity index (χ0n) is 57.5. The molecule has 0 unspecified atom stereocenters. The van der Waals surface area contributed by atoms with Crippen LogP contribution < -0.4 is 9.47 Å². The number of carbonyl (C=O) groups excluding carboxylic acids is 2. The van der Waals surface area contributed by atoms with Crippen LogP contribution in [0, 0.1) is 0 Å². The number of rotatable bonds is 10. The number of carbonyl (C=O) groups is 4. The van der Waals surface area contributed by atoms with Gasteiger partial charge in [0.1, 0.15) is 11.5 Å². The van der Waals surface area contributed by atoms with Crippen LogP contribution in [0.1, 0.15) is 20.7 Å². The normalized spacial score (nSPS) is 10.7. The molecule has 110 heavy (non-hydrogen) atoms. The molecular weight excluding hydrogens is 1600 g/mol. The third-order valence-electron chi connectivity index (χ3n) is 17.4. The number of fused-ring (bicyclic) bond motifs is 11. The van der Waals surface area contributed by atoms with Crippen LogP contribution in [0.2, 0.25) is 0 Å². The maximum atomic E-state index is 11.7.